The van der Waals surface area contributed by atoms with Crippen molar-refractivity contribution in [2.24, 2.45) is 22.7 Å². The van der Waals surface area contributed by atoms with Crippen LogP contribution in [-0.4, -0.2) is 49.1 Å². The summed E-state index contributed by atoms with van der Waals surface area (Å²) in [6, 6.07) is 1.49. The molecule has 0 saturated carbocycles. The van der Waals surface area contributed by atoms with Gasteiger partial charge in [0, 0.05) is 12.1 Å². The zero-order valence-corrected chi connectivity index (χ0v) is 16.4. The summed E-state index contributed by atoms with van der Waals surface area (Å²) in [5.41, 5.74) is 0.909. The minimum absolute atomic E-state index is 0.455. The van der Waals surface area contributed by atoms with Crippen LogP contribution in [0.1, 0.15) is 67.2 Å². The molecule has 2 heteroatoms. The molecule has 4 atom stereocenters. The Morgan fingerprint density at radius 1 is 0.636 bits per heavy atom. The summed E-state index contributed by atoms with van der Waals surface area (Å²) < 4.78 is 0. The average Bonchev–Trinajstić information content (AvgIpc) is 2.37. The predicted octanol–water partition coefficient (Wildman–Crippen LogP) is 4.50. The van der Waals surface area contributed by atoms with E-state index >= 15 is 0 Å². The molecule has 0 bridgehead atoms. The summed E-state index contributed by atoms with van der Waals surface area (Å²) in [6.45, 7) is 17.1. The average molecular weight is 309 g/mol. The van der Waals surface area contributed by atoms with Gasteiger partial charge in [-0.25, -0.2) is 0 Å². The minimum Gasteiger partial charge on any atom is -0.302 e. The van der Waals surface area contributed by atoms with Crippen LogP contribution >= 0.6 is 0 Å². The van der Waals surface area contributed by atoms with Crippen LogP contribution in [0.3, 0.4) is 0 Å². The Bertz CT molecular complexity index is 327. The van der Waals surface area contributed by atoms with Gasteiger partial charge in [-0.1, -0.05) is 41.5 Å². The number of likely N-dealkylation sites (tertiary alicyclic amines) is 2. The van der Waals surface area contributed by atoms with Crippen molar-refractivity contribution in [3.05, 3.63) is 0 Å². The SMILES string of the molecule is CN1CCC(C(C)(C)C)CC1C1CC(C(C)(C)C)CCN1C. The number of nitrogens with zero attached hydrogens (tertiary/aromatic N) is 2. The maximum atomic E-state index is 2.66. The van der Waals surface area contributed by atoms with Crippen LogP contribution in [0.4, 0.5) is 0 Å². The monoisotopic (exact) mass is 308 g/mol. The van der Waals surface area contributed by atoms with Crippen LogP contribution in [0.2, 0.25) is 0 Å². The molecule has 0 spiro atoms. The Hall–Kier alpha value is -0.0800. The van der Waals surface area contributed by atoms with Gasteiger partial charge in [0.2, 0.25) is 0 Å². The lowest BCUT2D eigenvalue weighted by atomic mass is 9.68. The van der Waals surface area contributed by atoms with Crippen molar-refractivity contribution in [3.63, 3.8) is 0 Å². The first-order valence-corrected chi connectivity index (χ1v) is 9.40. The summed E-state index contributed by atoms with van der Waals surface area (Å²) >= 11 is 0. The highest BCUT2D eigenvalue weighted by Gasteiger charge is 2.42. The Morgan fingerprint density at radius 3 is 1.23 bits per heavy atom. The molecule has 0 aromatic rings. The van der Waals surface area contributed by atoms with Crippen molar-refractivity contribution in [2.45, 2.75) is 79.3 Å². The highest BCUT2D eigenvalue weighted by atomic mass is 15.2. The van der Waals surface area contributed by atoms with Crippen LogP contribution in [-0.2, 0) is 0 Å². The molecular weight excluding hydrogens is 268 g/mol. The van der Waals surface area contributed by atoms with E-state index in [1.165, 1.54) is 38.8 Å². The van der Waals surface area contributed by atoms with Crippen molar-refractivity contribution in [2.75, 3.05) is 27.2 Å². The molecule has 130 valence electrons. The fraction of sp³-hybridized carbons (Fsp3) is 1.00. The minimum atomic E-state index is 0.455. The molecule has 4 unspecified atom stereocenters. The van der Waals surface area contributed by atoms with Gasteiger partial charge in [0.15, 0.2) is 0 Å². The molecular formula is C20H40N2. The maximum absolute atomic E-state index is 2.66. The van der Waals surface area contributed by atoms with Crippen molar-refractivity contribution >= 4 is 0 Å². The lowest BCUT2D eigenvalue weighted by Crippen LogP contribution is -2.57. The first-order chi connectivity index (χ1) is 10.00. The van der Waals surface area contributed by atoms with E-state index in [1.807, 2.05) is 0 Å². The fourth-order valence-electron chi connectivity index (χ4n) is 4.70. The smallest absolute Gasteiger partial charge is 0.0251 e. The Labute approximate surface area is 139 Å². The standard InChI is InChI=1S/C20H40N2/c1-19(2,3)15-9-11-21(7)17(13-15)18-14-16(20(4,5)6)10-12-22(18)8/h15-18H,9-14H2,1-8H3. The summed E-state index contributed by atoms with van der Waals surface area (Å²) in [5, 5.41) is 0. The molecule has 2 aliphatic heterocycles. The highest BCUT2D eigenvalue weighted by molar-refractivity contribution is 4.96. The Balaban J connectivity index is 2.12. The Morgan fingerprint density at radius 2 is 0.955 bits per heavy atom. The highest BCUT2D eigenvalue weighted by Crippen LogP contribution is 2.42. The van der Waals surface area contributed by atoms with E-state index in [9.17, 15) is 0 Å². The number of piperidine rings is 2. The third-order valence-electron chi connectivity index (χ3n) is 6.74. The number of hydrogen-bond donors (Lipinski definition) is 0. The van der Waals surface area contributed by atoms with Crippen molar-refractivity contribution < 1.29 is 0 Å². The molecule has 0 aromatic carbocycles. The van der Waals surface area contributed by atoms with Crippen molar-refractivity contribution in [3.8, 4) is 0 Å². The lowest BCUT2D eigenvalue weighted by molar-refractivity contribution is -0.0102. The molecule has 2 rings (SSSR count). The fourth-order valence-corrected chi connectivity index (χ4v) is 4.70. The molecule has 0 aliphatic carbocycles. The zero-order chi connectivity index (χ0) is 16.7. The van der Waals surface area contributed by atoms with E-state index in [0.29, 0.717) is 10.8 Å². The maximum Gasteiger partial charge on any atom is 0.0251 e. The topological polar surface area (TPSA) is 6.48 Å². The third kappa shape index (κ3) is 4.06. The third-order valence-corrected chi connectivity index (χ3v) is 6.74. The lowest BCUT2D eigenvalue weighted by Gasteiger charge is -2.51. The van der Waals surface area contributed by atoms with E-state index in [4.69, 9.17) is 0 Å². The molecule has 22 heavy (non-hydrogen) atoms. The number of likely N-dealkylation sites (N-methyl/N-ethyl adjacent to an activating group) is 2. The van der Waals surface area contributed by atoms with Gasteiger partial charge in [0.1, 0.15) is 0 Å². The van der Waals surface area contributed by atoms with E-state index < -0.39 is 0 Å². The molecule has 0 N–H and O–H groups in total. The van der Waals surface area contributed by atoms with Crippen molar-refractivity contribution in [1.29, 1.82) is 0 Å². The summed E-state index contributed by atoms with van der Waals surface area (Å²) in [4.78, 5) is 5.32. The van der Waals surface area contributed by atoms with Gasteiger partial charge < -0.3 is 9.80 Å². The van der Waals surface area contributed by atoms with E-state index in [0.717, 1.165) is 23.9 Å². The van der Waals surface area contributed by atoms with Crippen LogP contribution in [0.15, 0.2) is 0 Å². The molecule has 2 nitrogen and oxygen atoms in total. The summed E-state index contributed by atoms with van der Waals surface area (Å²) in [7, 11) is 4.72. The first-order valence-electron chi connectivity index (χ1n) is 9.40. The van der Waals surface area contributed by atoms with E-state index in [1.54, 1.807) is 0 Å². The quantitative estimate of drug-likeness (QED) is 0.704. The molecule has 2 aliphatic rings. The summed E-state index contributed by atoms with van der Waals surface area (Å²) in [6.07, 6.45) is 5.50. The number of rotatable bonds is 1. The molecule has 2 saturated heterocycles. The Kier molecular flexibility index (Phi) is 5.34. The summed E-state index contributed by atoms with van der Waals surface area (Å²) in [5.74, 6) is 1.74. The molecule has 2 fully saturated rings. The van der Waals surface area contributed by atoms with Crippen LogP contribution < -0.4 is 0 Å². The molecule has 0 radical (unpaired) electrons. The second-order valence-electron chi connectivity index (χ2n) is 10.3. The molecule has 0 amide bonds. The van der Waals surface area contributed by atoms with E-state index in [2.05, 4.69) is 65.4 Å². The van der Waals surface area contributed by atoms with Crippen molar-refractivity contribution in [1.82, 2.24) is 9.80 Å². The van der Waals surface area contributed by atoms with Crippen LogP contribution in [0, 0.1) is 22.7 Å². The van der Waals surface area contributed by atoms with Crippen LogP contribution in [0.25, 0.3) is 0 Å². The van der Waals surface area contributed by atoms with Gasteiger partial charge in [-0.2, -0.15) is 0 Å². The molecule has 0 aromatic heterocycles. The first kappa shape index (κ1) is 18.3. The molecule has 2 heterocycles. The normalized spacial score (nSPS) is 36.5. The largest absolute Gasteiger partial charge is 0.302 e. The van der Waals surface area contributed by atoms with Gasteiger partial charge in [-0.3, -0.25) is 0 Å². The van der Waals surface area contributed by atoms with Gasteiger partial charge in [0.05, 0.1) is 0 Å². The zero-order valence-electron chi connectivity index (χ0n) is 16.4. The van der Waals surface area contributed by atoms with Gasteiger partial charge in [0.25, 0.3) is 0 Å². The number of hydrogen-bond acceptors (Lipinski definition) is 2. The van der Waals surface area contributed by atoms with Gasteiger partial charge in [-0.05, 0) is 75.5 Å². The predicted molar refractivity (Wildman–Crippen MR) is 97.2 cm³/mol. The van der Waals surface area contributed by atoms with Gasteiger partial charge in [-0.15, -0.1) is 0 Å². The second-order valence-corrected chi connectivity index (χ2v) is 10.3. The van der Waals surface area contributed by atoms with Crippen LogP contribution in [0.5, 0.6) is 0 Å². The second kappa shape index (κ2) is 6.43. The van der Waals surface area contributed by atoms with Gasteiger partial charge >= 0.3 is 0 Å². The van der Waals surface area contributed by atoms with E-state index in [-0.39, 0.29) is 0 Å².